The minimum atomic E-state index is -0.375. The van der Waals surface area contributed by atoms with E-state index in [2.05, 4.69) is 15.3 Å². The quantitative estimate of drug-likeness (QED) is 0.279. The molecule has 0 radical (unpaired) electrons. The van der Waals surface area contributed by atoms with E-state index >= 15 is 0 Å². The summed E-state index contributed by atoms with van der Waals surface area (Å²) in [5, 5.41) is 2.61. The van der Waals surface area contributed by atoms with E-state index in [4.69, 9.17) is 10.5 Å². The van der Waals surface area contributed by atoms with Crippen LogP contribution in [0.4, 0.5) is 5.69 Å². The maximum atomic E-state index is 11.4. The number of aromatic nitrogens is 1. The Labute approximate surface area is 97.7 Å². The van der Waals surface area contributed by atoms with Crippen molar-refractivity contribution in [3.63, 3.8) is 0 Å². The number of nitrogens with zero attached hydrogens (tertiary/aromatic N) is 1. The number of pyridine rings is 1. The van der Waals surface area contributed by atoms with Crippen LogP contribution in [0.2, 0.25) is 0 Å². The lowest BCUT2D eigenvalue weighted by molar-refractivity contribution is 0.112. The molecule has 1 aromatic rings. The Kier molecular flexibility index (Phi) is 4.89. The van der Waals surface area contributed by atoms with E-state index in [1.807, 2.05) is 0 Å². The molecule has 1 heterocycles. The molecule has 0 aromatic carbocycles. The number of nitrogens with one attached hydrogen (secondary N) is 2. The lowest BCUT2D eigenvalue weighted by Crippen LogP contribution is -2.27. The number of nitrogens with two attached hydrogens (primary N) is 1. The van der Waals surface area contributed by atoms with E-state index in [0.717, 1.165) is 0 Å². The average Bonchev–Trinajstić information content (AvgIpc) is 2.32. The van der Waals surface area contributed by atoms with E-state index in [-0.39, 0.29) is 17.2 Å². The van der Waals surface area contributed by atoms with Crippen LogP contribution in [0.5, 0.6) is 0 Å². The lowest BCUT2D eigenvalue weighted by Gasteiger charge is -2.04. The van der Waals surface area contributed by atoms with E-state index in [1.165, 1.54) is 12.3 Å². The molecule has 4 N–H and O–H groups in total. The van der Waals surface area contributed by atoms with Gasteiger partial charge in [-0.1, -0.05) is 0 Å². The number of ether oxygens (including phenoxy) is 1. The molecule has 1 rings (SSSR count). The van der Waals surface area contributed by atoms with Crippen molar-refractivity contribution in [1.82, 2.24) is 4.98 Å². The number of aldehydes is 1. The molecule has 92 valence electrons. The van der Waals surface area contributed by atoms with Crippen molar-refractivity contribution in [3.05, 3.63) is 28.2 Å². The van der Waals surface area contributed by atoms with Gasteiger partial charge in [0.05, 0.1) is 13.2 Å². The molecule has 17 heavy (non-hydrogen) atoms. The summed E-state index contributed by atoms with van der Waals surface area (Å²) in [6, 6.07) is 1.39. The van der Waals surface area contributed by atoms with Gasteiger partial charge in [0.1, 0.15) is 5.69 Å². The number of carbonyl (C=O) groups is 1. The molecule has 0 aliphatic heterocycles. The molecule has 0 atom stereocenters. The predicted molar refractivity (Wildman–Crippen MR) is 64.4 cm³/mol. The van der Waals surface area contributed by atoms with Gasteiger partial charge in [-0.05, 0) is 6.07 Å². The van der Waals surface area contributed by atoms with Crippen molar-refractivity contribution in [1.29, 1.82) is 0 Å². The zero-order chi connectivity index (χ0) is 12.7. The van der Waals surface area contributed by atoms with Gasteiger partial charge in [0, 0.05) is 18.9 Å². The summed E-state index contributed by atoms with van der Waals surface area (Å²) < 4.78 is 4.80. The molecule has 0 saturated heterocycles. The Bertz CT molecular complexity index is 467. The molecule has 0 amide bonds. The minimum absolute atomic E-state index is 0.0931. The van der Waals surface area contributed by atoms with Crippen molar-refractivity contribution in [2.75, 3.05) is 25.6 Å². The Morgan fingerprint density at radius 2 is 2.47 bits per heavy atom. The minimum Gasteiger partial charge on any atom is -0.383 e. The van der Waals surface area contributed by atoms with Crippen molar-refractivity contribution >= 4 is 17.9 Å². The smallest absolute Gasteiger partial charge is 0.271 e. The van der Waals surface area contributed by atoms with Crippen LogP contribution in [0, 0.1) is 0 Å². The standard InChI is InChI=1S/C10H14N4O3/c1-17-3-2-12-10(11)14-8-4-7(6-15)5-13-9(8)16/h4-6H,2-3H2,1H3,(H,13,16)(H3,11,12,14). The van der Waals surface area contributed by atoms with Crippen molar-refractivity contribution in [2.24, 2.45) is 10.7 Å². The maximum absolute atomic E-state index is 11.4. The highest BCUT2D eigenvalue weighted by atomic mass is 16.5. The van der Waals surface area contributed by atoms with E-state index in [0.29, 0.717) is 25.0 Å². The first kappa shape index (κ1) is 12.9. The van der Waals surface area contributed by atoms with Crippen LogP contribution < -0.4 is 16.6 Å². The van der Waals surface area contributed by atoms with Crippen LogP contribution in [0.1, 0.15) is 10.4 Å². The zero-order valence-corrected chi connectivity index (χ0v) is 9.40. The summed E-state index contributed by atoms with van der Waals surface area (Å²) in [5.41, 5.74) is 5.69. The molecule has 0 fully saturated rings. The molecule has 1 aromatic heterocycles. The number of anilines is 1. The molecular formula is C10H14N4O3. The van der Waals surface area contributed by atoms with Gasteiger partial charge in [0.25, 0.3) is 5.56 Å². The first-order valence-corrected chi connectivity index (χ1v) is 4.91. The highest BCUT2D eigenvalue weighted by Crippen LogP contribution is 2.00. The van der Waals surface area contributed by atoms with Crippen LogP contribution in [0.3, 0.4) is 0 Å². The van der Waals surface area contributed by atoms with E-state index in [1.54, 1.807) is 7.11 Å². The Morgan fingerprint density at radius 3 is 3.12 bits per heavy atom. The van der Waals surface area contributed by atoms with Gasteiger partial charge < -0.3 is 20.8 Å². The molecule has 0 saturated carbocycles. The van der Waals surface area contributed by atoms with Crippen LogP contribution in [-0.4, -0.2) is 37.5 Å². The fourth-order valence-electron chi connectivity index (χ4n) is 1.10. The monoisotopic (exact) mass is 238 g/mol. The van der Waals surface area contributed by atoms with E-state index in [9.17, 15) is 9.59 Å². The highest BCUT2D eigenvalue weighted by molar-refractivity contribution is 5.92. The summed E-state index contributed by atoms with van der Waals surface area (Å²) in [7, 11) is 1.55. The number of guanidine groups is 1. The summed E-state index contributed by atoms with van der Waals surface area (Å²) in [5.74, 6) is 0.0931. The Balaban J connectivity index is 2.76. The largest absolute Gasteiger partial charge is 0.383 e. The van der Waals surface area contributed by atoms with Crippen molar-refractivity contribution in [3.8, 4) is 0 Å². The normalized spacial score (nSPS) is 11.2. The van der Waals surface area contributed by atoms with Crippen LogP contribution in [0.15, 0.2) is 22.1 Å². The van der Waals surface area contributed by atoms with Crippen molar-refractivity contribution < 1.29 is 9.53 Å². The van der Waals surface area contributed by atoms with Gasteiger partial charge >= 0.3 is 0 Å². The second kappa shape index (κ2) is 6.44. The number of H-pyrrole nitrogens is 1. The number of hydrogen-bond donors (Lipinski definition) is 3. The number of rotatable bonds is 5. The molecule has 0 unspecified atom stereocenters. The summed E-state index contributed by atoms with van der Waals surface area (Å²) in [6.07, 6.45) is 1.94. The van der Waals surface area contributed by atoms with Gasteiger partial charge in [-0.3, -0.25) is 14.6 Å². The maximum Gasteiger partial charge on any atom is 0.271 e. The Morgan fingerprint density at radius 1 is 1.71 bits per heavy atom. The van der Waals surface area contributed by atoms with Gasteiger partial charge in [-0.25, -0.2) is 0 Å². The third kappa shape index (κ3) is 4.07. The van der Waals surface area contributed by atoms with Gasteiger partial charge in [0.2, 0.25) is 0 Å². The number of hydrogen-bond acceptors (Lipinski definition) is 4. The highest BCUT2D eigenvalue weighted by Gasteiger charge is 2.02. The fraction of sp³-hybridized carbons (Fsp3) is 0.300. The fourth-order valence-corrected chi connectivity index (χ4v) is 1.10. The second-order valence-corrected chi connectivity index (χ2v) is 3.18. The number of aromatic amines is 1. The Hall–Kier alpha value is -2.15. The topological polar surface area (TPSA) is 110 Å². The predicted octanol–water partition coefficient (Wildman–Crippen LogP) is -0.440. The van der Waals surface area contributed by atoms with Crippen LogP contribution >= 0.6 is 0 Å². The SMILES string of the molecule is COCCN=C(N)Nc1cc(C=O)c[nH]c1=O. The molecule has 0 aliphatic rings. The van der Waals surface area contributed by atoms with Gasteiger partial charge in [0.15, 0.2) is 12.2 Å². The van der Waals surface area contributed by atoms with Gasteiger partial charge in [-0.15, -0.1) is 0 Å². The molecule has 0 aliphatic carbocycles. The van der Waals surface area contributed by atoms with Gasteiger partial charge in [-0.2, -0.15) is 0 Å². The number of aliphatic imine (C=N–C) groups is 1. The number of methoxy groups -OCH3 is 1. The first-order chi connectivity index (χ1) is 8.17. The molecule has 0 bridgehead atoms. The zero-order valence-electron chi connectivity index (χ0n) is 9.40. The van der Waals surface area contributed by atoms with Crippen molar-refractivity contribution in [2.45, 2.75) is 0 Å². The van der Waals surface area contributed by atoms with E-state index < -0.39 is 0 Å². The third-order valence-corrected chi connectivity index (χ3v) is 1.90. The lowest BCUT2D eigenvalue weighted by atomic mass is 10.3. The first-order valence-electron chi connectivity index (χ1n) is 4.91. The molecular weight excluding hydrogens is 224 g/mol. The van der Waals surface area contributed by atoms with Crippen LogP contribution in [0.25, 0.3) is 0 Å². The summed E-state index contributed by atoms with van der Waals surface area (Å²) >= 11 is 0. The molecule has 0 spiro atoms. The number of carbonyl (C=O) groups excluding carboxylic acids is 1. The average molecular weight is 238 g/mol. The molecule has 7 nitrogen and oxygen atoms in total. The van der Waals surface area contributed by atoms with Crippen LogP contribution in [-0.2, 0) is 4.74 Å². The molecule has 7 heteroatoms. The second-order valence-electron chi connectivity index (χ2n) is 3.18. The summed E-state index contributed by atoms with van der Waals surface area (Å²) in [4.78, 5) is 28.3. The summed E-state index contributed by atoms with van der Waals surface area (Å²) in [6.45, 7) is 0.827. The third-order valence-electron chi connectivity index (χ3n) is 1.90.